The number of hydrogen-bond donors (Lipinski definition) is 3. The molecule has 3 aromatic rings. The highest BCUT2D eigenvalue weighted by atomic mass is 35.5. The third-order valence-corrected chi connectivity index (χ3v) is 6.27. The number of halogens is 5. The van der Waals surface area contributed by atoms with Crippen molar-refractivity contribution in [1.82, 2.24) is 25.5 Å². The summed E-state index contributed by atoms with van der Waals surface area (Å²) < 4.78 is 38.3. The molecule has 42 heavy (non-hydrogen) atoms. The van der Waals surface area contributed by atoms with Gasteiger partial charge in [-0.05, 0) is 80.7 Å². The molecular formula is C29H35Cl2F3N8. The summed E-state index contributed by atoms with van der Waals surface area (Å²) in [5.41, 5.74) is 4.44. The molecule has 8 nitrogen and oxygen atoms in total. The molecule has 4 rings (SSSR count). The topological polar surface area (TPSA) is 91.5 Å². The first-order valence-corrected chi connectivity index (χ1v) is 13.7. The van der Waals surface area contributed by atoms with Crippen molar-refractivity contribution in [3.8, 4) is 5.82 Å². The predicted molar refractivity (Wildman–Crippen MR) is 166 cm³/mol. The number of nitrogens with zero attached hydrogens (tertiary/aromatic N) is 5. The van der Waals surface area contributed by atoms with Gasteiger partial charge >= 0.3 is 6.18 Å². The summed E-state index contributed by atoms with van der Waals surface area (Å²) in [6.07, 6.45) is 3.31. The van der Waals surface area contributed by atoms with Crippen molar-refractivity contribution in [2.45, 2.75) is 32.5 Å². The first kappa shape index (κ1) is 34.5. The van der Waals surface area contributed by atoms with Gasteiger partial charge in [0.1, 0.15) is 12.2 Å². The Hall–Kier alpha value is -3.67. The number of nitrogens with one attached hydrogen (secondary N) is 3. The number of rotatable bonds is 10. The quantitative estimate of drug-likeness (QED) is 0.157. The Morgan fingerprint density at radius 3 is 2.40 bits per heavy atom. The van der Waals surface area contributed by atoms with E-state index in [9.17, 15) is 13.2 Å². The lowest BCUT2D eigenvalue weighted by Crippen LogP contribution is -2.20. The Bertz CT molecular complexity index is 1380. The normalized spacial score (nSPS) is 12.5. The van der Waals surface area contributed by atoms with E-state index >= 15 is 0 Å². The fraction of sp³-hybridized carbons (Fsp3) is 0.310. The smallest absolute Gasteiger partial charge is 0.386 e. The van der Waals surface area contributed by atoms with Crippen molar-refractivity contribution < 1.29 is 13.2 Å². The summed E-state index contributed by atoms with van der Waals surface area (Å²) in [5.74, 6) is 1.68. The van der Waals surface area contributed by atoms with Crippen LogP contribution in [0.1, 0.15) is 35.4 Å². The summed E-state index contributed by atoms with van der Waals surface area (Å²) in [6, 6.07) is 8.92. The molecule has 0 radical (unpaired) electrons. The lowest BCUT2D eigenvalue weighted by molar-refractivity contribution is -0.0964. The predicted octanol–water partition coefficient (Wildman–Crippen LogP) is 8.05. The lowest BCUT2D eigenvalue weighted by Gasteiger charge is -2.07. The van der Waals surface area contributed by atoms with Gasteiger partial charge < -0.3 is 10.6 Å². The summed E-state index contributed by atoms with van der Waals surface area (Å²) in [4.78, 5) is 4.27. The Balaban J connectivity index is 0.000000280. The first-order valence-electron chi connectivity index (χ1n) is 12.9. The molecule has 0 spiro atoms. The van der Waals surface area contributed by atoms with Crippen LogP contribution in [0.2, 0.25) is 10.0 Å². The molecule has 13 heteroatoms. The fourth-order valence-electron chi connectivity index (χ4n) is 3.43. The Morgan fingerprint density at radius 1 is 1.17 bits per heavy atom. The van der Waals surface area contributed by atoms with E-state index in [2.05, 4.69) is 50.8 Å². The van der Waals surface area contributed by atoms with Crippen molar-refractivity contribution in [2.75, 3.05) is 26.0 Å². The average molecular weight is 624 g/mol. The number of pyridine rings is 1. The highest BCUT2D eigenvalue weighted by Gasteiger charge is 2.32. The van der Waals surface area contributed by atoms with Crippen LogP contribution in [0.4, 0.5) is 18.9 Å². The molecule has 0 saturated heterocycles. The molecule has 226 valence electrons. The van der Waals surface area contributed by atoms with Crippen LogP contribution in [-0.2, 0) is 6.54 Å². The molecule has 0 bridgehead atoms. The molecular weight excluding hydrogens is 588 g/mol. The van der Waals surface area contributed by atoms with E-state index in [0.717, 1.165) is 22.7 Å². The number of allylic oxidation sites excluding steroid dienone is 1. The van der Waals surface area contributed by atoms with E-state index in [-0.39, 0.29) is 6.54 Å². The third kappa shape index (κ3) is 11.0. The highest BCUT2D eigenvalue weighted by molar-refractivity contribution is 6.36. The number of hydrogen-bond acceptors (Lipinski definition) is 6. The van der Waals surface area contributed by atoms with E-state index in [4.69, 9.17) is 23.2 Å². The third-order valence-electron chi connectivity index (χ3n) is 5.75. The molecule has 0 aliphatic heterocycles. The van der Waals surface area contributed by atoms with Gasteiger partial charge in [-0.3, -0.25) is 5.43 Å². The molecule has 2 aromatic heterocycles. The molecule has 1 aromatic carbocycles. The highest BCUT2D eigenvalue weighted by Crippen LogP contribution is 2.30. The van der Waals surface area contributed by atoms with E-state index in [0.29, 0.717) is 27.3 Å². The largest absolute Gasteiger partial charge is 0.432 e. The van der Waals surface area contributed by atoms with Crippen LogP contribution >= 0.6 is 23.2 Å². The fourth-order valence-corrected chi connectivity index (χ4v) is 4.04. The van der Waals surface area contributed by atoms with Gasteiger partial charge in [-0.15, -0.1) is 0 Å². The minimum absolute atomic E-state index is 0.00212. The first-order chi connectivity index (χ1) is 19.9. The van der Waals surface area contributed by atoms with Gasteiger partial charge in [-0.25, -0.2) is 9.67 Å². The van der Waals surface area contributed by atoms with Crippen molar-refractivity contribution in [3.05, 3.63) is 94.5 Å². The maximum absolute atomic E-state index is 12.2. The minimum atomic E-state index is -4.56. The molecule has 2 heterocycles. The molecule has 0 unspecified atom stereocenters. The van der Waals surface area contributed by atoms with Crippen molar-refractivity contribution in [3.63, 3.8) is 0 Å². The maximum atomic E-state index is 12.2. The van der Waals surface area contributed by atoms with Crippen LogP contribution in [0.25, 0.3) is 18.0 Å². The van der Waals surface area contributed by atoms with Crippen LogP contribution in [0.5, 0.6) is 0 Å². The van der Waals surface area contributed by atoms with Crippen LogP contribution in [0, 0.1) is 12.8 Å². The maximum Gasteiger partial charge on any atom is 0.432 e. The summed E-state index contributed by atoms with van der Waals surface area (Å²) in [7, 11) is 3.82. The molecule has 0 atom stereocenters. The van der Waals surface area contributed by atoms with E-state index in [1.165, 1.54) is 19.4 Å². The summed E-state index contributed by atoms with van der Waals surface area (Å²) in [6.45, 7) is 13.3. The standard InChI is InChI=1S/C15H15F3N6.C9H9Cl2N.C5H11N/c1-4-13-8-12(9-20-23-21-11(3)15(16,17)18)22-24(13)14-10(2)6-5-7-19-14;1-3-6-4-7(10)5-8(11)9(6)12-2;1-6-4-5-2-3-5/h4-8H,1,3,9H2,2H3,(H,20,21);3-5,12H,1H2,2H3;5-6H,2-4H2,1H3. The molecule has 1 aliphatic carbocycles. The zero-order valence-corrected chi connectivity index (χ0v) is 25.3. The van der Waals surface area contributed by atoms with Gasteiger partial charge in [0.2, 0.25) is 0 Å². The van der Waals surface area contributed by atoms with Crippen LogP contribution in [-0.4, -0.2) is 41.6 Å². The van der Waals surface area contributed by atoms with Gasteiger partial charge in [0.05, 0.1) is 22.1 Å². The second-order valence-electron chi connectivity index (χ2n) is 9.12. The number of anilines is 1. The summed E-state index contributed by atoms with van der Waals surface area (Å²) >= 11 is 11.7. The van der Waals surface area contributed by atoms with E-state index < -0.39 is 11.9 Å². The van der Waals surface area contributed by atoms with Gasteiger partial charge in [0, 0.05) is 18.3 Å². The second kappa shape index (κ2) is 16.7. The second-order valence-corrected chi connectivity index (χ2v) is 9.96. The Labute approximate surface area is 254 Å². The zero-order chi connectivity index (χ0) is 31.3. The number of aromatic nitrogens is 3. The monoisotopic (exact) mass is 622 g/mol. The molecule has 0 amide bonds. The number of aryl methyl sites for hydroxylation is 1. The average Bonchev–Trinajstić information content (AvgIpc) is 3.67. The molecule has 3 N–H and O–H groups in total. The van der Waals surface area contributed by atoms with Crippen LogP contribution in [0.15, 0.2) is 72.3 Å². The lowest BCUT2D eigenvalue weighted by atomic mass is 10.2. The SMILES string of the molecule is C=Cc1cc(CN=NNC(=C)C(F)(F)F)nn1-c1ncccc1C.C=Cc1cc(Cl)cc(Cl)c1NC.CNCC1CC1. The van der Waals surface area contributed by atoms with Gasteiger partial charge in [0.25, 0.3) is 0 Å². The van der Waals surface area contributed by atoms with Gasteiger partial charge in [-0.1, -0.05) is 60.3 Å². The number of benzene rings is 1. The Morgan fingerprint density at radius 2 is 1.88 bits per heavy atom. The molecule has 1 aliphatic rings. The zero-order valence-electron chi connectivity index (χ0n) is 23.8. The molecule has 1 saturated carbocycles. The van der Waals surface area contributed by atoms with Crippen LogP contribution in [0.3, 0.4) is 0 Å². The summed E-state index contributed by atoms with van der Waals surface area (Å²) in [5, 5.41) is 18.5. The minimum Gasteiger partial charge on any atom is -0.386 e. The van der Waals surface area contributed by atoms with Crippen molar-refractivity contribution in [1.29, 1.82) is 0 Å². The van der Waals surface area contributed by atoms with Crippen molar-refractivity contribution in [2.24, 2.45) is 16.3 Å². The van der Waals surface area contributed by atoms with E-state index in [1.807, 2.05) is 39.2 Å². The van der Waals surface area contributed by atoms with Crippen LogP contribution < -0.4 is 16.1 Å². The Kier molecular flexibility index (Phi) is 13.7. The molecule has 1 fully saturated rings. The van der Waals surface area contributed by atoms with Crippen molar-refractivity contribution >= 4 is 41.0 Å². The number of alkyl halides is 3. The van der Waals surface area contributed by atoms with Gasteiger partial charge in [-0.2, -0.15) is 23.4 Å². The van der Waals surface area contributed by atoms with E-state index in [1.54, 1.807) is 40.6 Å². The van der Waals surface area contributed by atoms with Gasteiger partial charge in [0.15, 0.2) is 5.82 Å².